The van der Waals surface area contributed by atoms with E-state index in [2.05, 4.69) is 0 Å². The number of carbonyl (C=O) groups is 4. The first-order valence-corrected chi connectivity index (χ1v) is 12.3. The average Bonchev–Trinajstić information content (AvgIpc) is 3.25. The molecule has 0 bridgehead atoms. The zero-order valence-corrected chi connectivity index (χ0v) is 22.6. The number of fused-ring (bicyclic) bond motifs is 1. The van der Waals surface area contributed by atoms with E-state index < -0.39 is 84.6 Å². The van der Waals surface area contributed by atoms with Gasteiger partial charge in [-0.3, -0.25) is 19.2 Å². The molecule has 42 heavy (non-hydrogen) atoms. The lowest BCUT2D eigenvalue weighted by Crippen LogP contribution is -2.66. The van der Waals surface area contributed by atoms with Crippen LogP contribution in [0.1, 0.15) is 38.8 Å². The number of halogens is 6. The van der Waals surface area contributed by atoms with Crippen LogP contribution in [-0.2, 0) is 54.9 Å². The van der Waals surface area contributed by atoms with E-state index >= 15 is 0 Å². The maximum Gasteiger partial charge on any atom is 0.430 e. The number of hydrogen-bond donors (Lipinski definition) is 1. The van der Waals surface area contributed by atoms with E-state index in [0.29, 0.717) is 12.1 Å². The van der Waals surface area contributed by atoms with Crippen LogP contribution in [0.4, 0.5) is 32.0 Å². The number of rotatable bonds is 7. The molecule has 2 aliphatic heterocycles. The van der Waals surface area contributed by atoms with E-state index in [4.69, 9.17) is 23.7 Å². The Hall–Kier alpha value is -3.60. The Morgan fingerprint density at radius 1 is 0.857 bits per heavy atom. The number of ether oxygens (including phenoxy) is 5. The van der Waals surface area contributed by atoms with Crippen molar-refractivity contribution in [2.75, 3.05) is 18.1 Å². The minimum atomic E-state index is -6.10. The predicted molar refractivity (Wildman–Crippen MR) is 125 cm³/mol. The molecular formula is C25H27F6NO10. The van der Waals surface area contributed by atoms with Crippen LogP contribution in [0.25, 0.3) is 0 Å². The first-order chi connectivity index (χ1) is 19.3. The second-order valence-electron chi connectivity index (χ2n) is 9.58. The number of esters is 4. The zero-order chi connectivity index (χ0) is 31.8. The molecule has 0 saturated carbocycles. The Bertz CT molecular complexity index is 1210. The third-order valence-electron chi connectivity index (χ3n) is 6.52. The van der Waals surface area contributed by atoms with Gasteiger partial charge in [0.25, 0.3) is 5.60 Å². The number of benzene rings is 1. The molecule has 2 aliphatic rings. The van der Waals surface area contributed by atoms with Gasteiger partial charge in [-0.15, -0.1) is 0 Å². The highest BCUT2D eigenvalue weighted by Gasteiger charge is 2.71. The lowest BCUT2D eigenvalue weighted by Gasteiger charge is -2.47. The number of hydrogen-bond acceptors (Lipinski definition) is 11. The van der Waals surface area contributed by atoms with Gasteiger partial charge in [0.2, 0.25) is 0 Å². The summed E-state index contributed by atoms with van der Waals surface area (Å²) in [5.74, 6) is -3.43. The van der Waals surface area contributed by atoms with Crippen molar-refractivity contribution in [2.45, 2.75) is 82.7 Å². The first-order valence-electron chi connectivity index (χ1n) is 12.3. The maximum atomic E-state index is 13.5. The van der Waals surface area contributed by atoms with Crippen LogP contribution in [0.3, 0.4) is 0 Å². The van der Waals surface area contributed by atoms with Gasteiger partial charge in [0.1, 0.15) is 12.7 Å². The molecule has 0 aromatic heterocycles. The molecule has 1 aromatic carbocycles. The largest absolute Gasteiger partial charge is 0.463 e. The molecule has 2 heterocycles. The van der Waals surface area contributed by atoms with Crippen molar-refractivity contribution < 1.29 is 74.3 Å². The van der Waals surface area contributed by atoms with Crippen LogP contribution in [0.2, 0.25) is 0 Å². The fourth-order valence-corrected chi connectivity index (χ4v) is 4.86. The van der Waals surface area contributed by atoms with E-state index in [1.54, 1.807) is 0 Å². The normalized spacial score (nSPS) is 24.5. The Morgan fingerprint density at radius 3 is 1.88 bits per heavy atom. The van der Waals surface area contributed by atoms with E-state index in [1.165, 1.54) is 4.90 Å². The lowest BCUT2D eigenvalue weighted by atomic mass is 9.90. The monoisotopic (exact) mass is 615 g/mol. The number of anilines is 1. The topological polar surface area (TPSA) is 138 Å². The summed E-state index contributed by atoms with van der Waals surface area (Å²) in [6.07, 6.45) is -19.7. The van der Waals surface area contributed by atoms with E-state index in [-0.39, 0.29) is 24.2 Å². The molecule has 11 nitrogen and oxygen atoms in total. The second kappa shape index (κ2) is 11.9. The summed E-state index contributed by atoms with van der Waals surface area (Å²) < 4.78 is 108. The summed E-state index contributed by atoms with van der Waals surface area (Å²) in [6.45, 7) is 3.46. The van der Waals surface area contributed by atoms with Gasteiger partial charge >= 0.3 is 36.2 Å². The SMILES string of the molecule is CC(=O)OC[C@@H]1O[C@H](N2CCc3cc(C(O)(C(F)(F)F)C(F)(F)F)ccc32)[C@H](OC(C)=O)[C@@H](OC(C)=O)[C@H]1OC(C)=O. The molecular weight excluding hydrogens is 588 g/mol. The minimum Gasteiger partial charge on any atom is -0.463 e. The third kappa shape index (κ3) is 6.56. The molecule has 5 atom stereocenters. The highest BCUT2D eigenvalue weighted by molar-refractivity contribution is 5.69. The number of aliphatic hydroxyl groups is 1. The third-order valence-corrected chi connectivity index (χ3v) is 6.52. The van der Waals surface area contributed by atoms with Crippen LogP contribution in [-0.4, -0.2) is 85.1 Å². The van der Waals surface area contributed by atoms with E-state index in [0.717, 1.165) is 33.8 Å². The zero-order valence-electron chi connectivity index (χ0n) is 22.6. The molecule has 0 unspecified atom stereocenters. The molecule has 0 aliphatic carbocycles. The highest BCUT2D eigenvalue weighted by Crippen LogP contribution is 2.51. The second-order valence-corrected chi connectivity index (χ2v) is 9.58. The molecule has 234 valence electrons. The van der Waals surface area contributed by atoms with E-state index in [9.17, 15) is 50.6 Å². The summed E-state index contributed by atoms with van der Waals surface area (Å²) >= 11 is 0. The Morgan fingerprint density at radius 2 is 1.38 bits per heavy atom. The summed E-state index contributed by atoms with van der Waals surface area (Å²) in [6, 6.07) is 1.90. The van der Waals surface area contributed by atoms with Gasteiger partial charge in [0.05, 0.1) is 0 Å². The standard InChI is InChI=1S/C25H27F6NO10/c1-11(33)38-10-18-19(39-12(2)34)20(40-13(3)35)21(41-14(4)36)22(42-18)32-8-7-15-9-16(5-6-17(15)32)23(37,24(26,27)28)25(29,30)31/h5-6,9,18-22,37H,7-8,10H2,1-4H3/t18-,19-,20-,21+,22-/m0/s1. The van der Waals surface area contributed by atoms with Crippen LogP contribution in [0, 0.1) is 0 Å². The average molecular weight is 615 g/mol. The Kier molecular flexibility index (Phi) is 9.36. The van der Waals surface area contributed by atoms with Crippen molar-refractivity contribution in [1.29, 1.82) is 0 Å². The van der Waals surface area contributed by atoms with Crippen molar-refractivity contribution in [3.8, 4) is 0 Å². The van der Waals surface area contributed by atoms with Gasteiger partial charge in [-0.05, 0) is 18.1 Å². The van der Waals surface area contributed by atoms with Gasteiger partial charge in [-0.25, -0.2) is 0 Å². The van der Waals surface area contributed by atoms with Crippen LogP contribution in [0.15, 0.2) is 18.2 Å². The fraction of sp³-hybridized carbons (Fsp3) is 0.600. The molecule has 17 heteroatoms. The van der Waals surface area contributed by atoms with Crippen molar-refractivity contribution >= 4 is 29.6 Å². The minimum absolute atomic E-state index is 0.0475. The quantitative estimate of drug-likeness (QED) is 0.275. The molecule has 1 saturated heterocycles. The van der Waals surface area contributed by atoms with Gasteiger partial charge in [0, 0.05) is 45.5 Å². The van der Waals surface area contributed by atoms with E-state index in [1.807, 2.05) is 0 Å². The van der Waals surface area contributed by atoms with Crippen molar-refractivity contribution in [2.24, 2.45) is 0 Å². The van der Waals surface area contributed by atoms with Crippen molar-refractivity contribution in [3.63, 3.8) is 0 Å². The molecule has 0 amide bonds. The molecule has 1 aromatic rings. The molecule has 1 N–H and O–H groups in total. The van der Waals surface area contributed by atoms with Gasteiger partial charge in [-0.1, -0.05) is 12.1 Å². The van der Waals surface area contributed by atoms with Gasteiger partial charge < -0.3 is 33.7 Å². The van der Waals surface area contributed by atoms with Crippen LogP contribution >= 0.6 is 0 Å². The maximum absolute atomic E-state index is 13.5. The van der Waals surface area contributed by atoms with Crippen LogP contribution in [0.5, 0.6) is 0 Å². The Labute approximate surface area is 234 Å². The summed E-state index contributed by atoms with van der Waals surface area (Å²) in [7, 11) is 0. The number of alkyl halides is 6. The van der Waals surface area contributed by atoms with Crippen LogP contribution < -0.4 is 4.90 Å². The molecule has 0 spiro atoms. The smallest absolute Gasteiger partial charge is 0.430 e. The Balaban J connectivity index is 2.11. The summed E-state index contributed by atoms with van der Waals surface area (Å²) in [5, 5.41) is 9.82. The summed E-state index contributed by atoms with van der Waals surface area (Å²) in [5.41, 5.74) is -6.63. The van der Waals surface area contributed by atoms with Crippen molar-refractivity contribution in [1.82, 2.24) is 0 Å². The molecule has 3 rings (SSSR count). The number of nitrogens with zero attached hydrogens (tertiary/aromatic N) is 1. The van der Waals surface area contributed by atoms with Gasteiger partial charge in [0.15, 0.2) is 24.5 Å². The highest BCUT2D eigenvalue weighted by atomic mass is 19.4. The lowest BCUT2D eigenvalue weighted by molar-refractivity contribution is -0.376. The predicted octanol–water partition coefficient (Wildman–Crippen LogP) is 2.44. The fourth-order valence-electron chi connectivity index (χ4n) is 4.86. The molecule has 0 radical (unpaired) electrons. The summed E-state index contributed by atoms with van der Waals surface area (Å²) in [4.78, 5) is 48.8. The molecule has 1 fully saturated rings. The number of carbonyl (C=O) groups excluding carboxylic acids is 4. The van der Waals surface area contributed by atoms with Gasteiger partial charge in [-0.2, -0.15) is 26.3 Å². The first kappa shape index (κ1) is 32.9. The van der Waals surface area contributed by atoms with Crippen molar-refractivity contribution in [3.05, 3.63) is 29.3 Å².